The van der Waals surface area contributed by atoms with Gasteiger partial charge >= 0.3 is 0 Å². The maximum absolute atomic E-state index is 11.4. The van der Waals surface area contributed by atoms with Crippen molar-refractivity contribution >= 4 is 28.9 Å². The monoisotopic (exact) mass is 289 g/mol. The van der Waals surface area contributed by atoms with Crippen molar-refractivity contribution in [3.8, 4) is 0 Å². The molecule has 2 aromatic carbocycles. The average Bonchev–Trinajstić information content (AvgIpc) is 2.42. The molecule has 0 aliphatic rings. The normalized spacial score (nSPS) is 10.3. The summed E-state index contributed by atoms with van der Waals surface area (Å²) in [6, 6.07) is 12.5. The maximum atomic E-state index is 11.4. The highest BCUT2D eigenvalue weighted by atomic mass is 35.5. The zero-order valence-corrected chi connectivity index (χ0v) is 11.9. The number of halogens is 1. The summed E-state index contributed by atoms with van der Waals surface area (Å²) in [6.45, 7) is 0.536. The van der Waals surface area contributed by atoms with E-state index in [2.05, 4.69) is 0 Å². The number of nitrogens with zero attached hydrogens (tertiary/aromatic N) is 1. The van der Waals surface area contributed by atoms with Crippen LogP contribution in [-0.4, -0.2) is 13.0 Å². The molecule has 0 aliphatic carbocycles. The molecular formula is C15H16ClN3O. The lowest BCUT2D eigenvalue weighted by molar-refractivity contribution is 0.100. The Balaban J connectivity index is 2.31. The second-order valence-corrected chi connectivity index (χ2v) is 5.00. The van der Waals surface area contributed by atoms with Gasteiger partial charge in [0.2, 0.25) is 0 Å². The van der Waals surface area contributed by atoms with Crippen molar-refractivity contribution in [1.82, 2.24) is 0 Å². The van der Waals surface area contributed by atoms with E-state index >= 15 is 0 Å². The summed E-state index contributed by atoms with van der Waals surface area (Å²) in [6.07, 6.45) is 0. The third-order valence-corrected chi connectivity index (χ3v) is 3.43. The fourth-order valence-corrected chi connectivity index (χ4v) is 2.25. The average molecular weight is 290 g/mol. The largest absolute Gasteiger partial charge is 0.399 e. The zero-order valence-electron chi connectivity index (χ0n) is 11.1. The smallest absolute Gasteiger partial charge is 0.250 e. The van der Waals surface area contributed by atoms with E-state index in [0.717, 1.165) is 11.3 Å². The van der Waals surface area contributed by atoms with Crippen LogP contribution >= 0.6 is 11.6 Å². The molecular weight excluding hydrogens is 274 g/mol. The first-order valence-corrected chi connectivity index (χ1v) is 6.50. The van der Waals surface area contributed by atoms with Crippen LogP contribution < -0.4 is 16.4 Å². The van der Waals surface area contributed by atoms with Gasteiger partial charge in [-0.2, -0.15) is 0 Å². The molecule has 4 nitrogen and oxygen atoms in total. The molecule has 104 valence electrons. The highest BCUT2D eigenvalue weighted by molar-refractivity contribution is 6.31. The van der Waals surface area contributed by atoms with Crippen molar-refractivity contribution in [2.24, 2.45) is 5.73 Å². The van der Waals surface area contributed by atoms with Crippen molar-refractivity contribution in [2.75, 3.05) is 17.7 Å². The number of anilines is 2. The lowest BCUT2D eigenvalue weighted by atomic mass is 10.1. The molecule has 20 heavy (non-hydrogen) atoms. The summed E-state index contributed by atoms with van der Waals surface area (Å²) in [5.74, 6) is -0.453. The second-order valence-electron chi connectivity index (χ2n) is 4.59. The van der Waals surface area contributed by atoms with Gasteiger partial charge in [0, 0.05) is 30.0 Å². The van der Waals surface area contributed by atoms with Gasteiger partial charge in [-0.25, -0.2) is 0 Å². The molecule has 0 spiro atoms. The molecule has 0 bridgehead atoms. The van der Waals surface area contributed by atoms with Crippen LogP contribution in [-0.2, 0) is 6.54 Å². The number of benzene rings is 2. The summed E-state index contributed by atoms with van der Waals surface area (Å²) < 4.78 is 0. The number of hydrogen-bond donors (Lipinski definition) is 2. The van der Waals surface area contributed by atoms with Crippen molar-refractivity contribution in [1.29, 1.82) is 0 Å². The number of nitrogens with two attached hydrogens (primary N) is 2. The number of para-hydroxylation sites is 1. The summed E-state index contributed by atoms with van der Waals surface area (Å²) in [5, 5.41) is 0.641. The highest BCUT2D eigenvalue weighted by Gasteiger charge is 2.12. The van der Waals surface area contributed by atoms with Crippen molar-refractivity contribution in [3.05, 3.63) is 58.6 Å². The molecule has 2 rings (SSSR count). The van der Waals surface area contributed by atoms with Crippen LogP contribution in [0.4, 0.5) is 11.4 Å². The first kappa shape index (κ1) is 14.2. The Kier molecular flexibility index (Phi) is 4.15. The van der Waals surface area contributed by atoms with E-state index in [9.17, 15) is 4.79 Å². The SMILES string of the molecule is CN(Cc1cc(N)ccc1Cl)c1ccccc1C(N)=O. The van der Waals surface area contributed by atoms with Crippen molar-refractivity contribution in [3.63, 3.8) is 0 Å². The molecule has 0 atom stereocenters. The van der Waals surface area contributed by atoms with Gasteiger partial charge in [-0.05, 0) is 35.9 Å². The van der Waals surface area contributed by atoms with Gasteiger partial charge < -0.3 is 16.4 Å². The summed E-state index contributed by atoms with van der Waals surface area (Å²) in [4.78, 5) is 13.4. The number of carbonyl (C=O) groups is 1. The minimum absolute atomic E-state index is 0.453. The molecule has 0 radical (unpaired) electrons. The predicted molar refractivity (Wildman–Crippen MR) is 82.9 cm³/mol. The predicted octanol–water partition coefficient (Wildman–Crippen LogP) is 2.66. The molecule has 0 aliphatic heterocycles. The Labute approximate surface area is 122 Å². The van der Waals surface area contributed by atoms with Gasteiger partial charge in [0.25, 0.3) is 5.91 Å². The first-order chi connectivity index (χ1) is 9.49. The van der Waals surface area contributed by atoms with Gasteiger partial charge in [-0.15, -0.1) is 0 Å². The first-order valence-electron chi connectivity index (χ1n) is 6.13. The minimum atomic E-state index is -0.453. The Hall–Kier alpha value is -2.20. The quantitative estimate of drug-likeness (QED) is 0.850. The van der Waals surface area contributed by atoms with E-state index in [4.69, 9.17) is 23.1 Å². The number of primary amides is 1. The molecule has 0 saturated heterocycles. The van der Waals surface area contributed by atoms with Crippen LogP contribution in [0.15, 0.2) is 42.5 Å². The van der Waals surface area contributed by atoms with Crippen LogP contribution in [0, 0.1) is 0 Å². The molecule has 0 saturated carbocycles. The van der Waals surface area contributed by atoms with E-state index < -0.39 is 5.91 Å². The van der Waals surface area contributed by atoms with Crippen molar-refractivity contribution in [2.45, 2.75) is 6.54 Å². The van der Waals surface area contributed by atoms with Crippen molar-refractivity contribution < 1.29 is 4.79 Å². The second kappa shape index (κ2) is 5.84. The van der Waals surface area contributed by atoms with Gasteiger partial charge in [0.15, 0.2) is 0 Å². The summed E-state index contributed by atoms with van der Waals surface area (Å²) >= 11 is 6.16. The van der Waals surface area contributed by atoms with Crippen LogP contribution in [0.5, 0.6) is 0 Å². The Morgan fingerprint density at radius 3 is 2.65 bits per heavy atom. The fraction of sp³-hybridized carbons (Fsp3) is 0.133. The van der Waals surface area contributed by atoms with Gasteiger partial charge in [0.1, 0.15) is 0 Å². The lowest BCUT2D eigenvalue weighted by Crippen LogP contribution is -2.22. The number of rotatable bonds is 4. The van der Waals surface area contributed by atoms with Crippen LogP contribution in [0.25, 0.3) is 0 Å². The van der Waals surface area contributed by atoms with Gasteiger partial charge in [-0.3, -0.25) is 4.79 Å². The molecule has 0 heterocycles. The number of hydrogen-bond acceptors (Lipinski definition) is 3. The Bertz CT molecular complexity index is 643. The van der Waals surface area contributed by atoms with Gasteiger partial charge in [-0.1, -0.05) is 23.7 Å². The molecule has 1 amide bonds. The molecule has 4 N–H and O–H groups in total. The van der Waals surface area contributed by atoms with E-state index in [-0.39, 0.29) is 0 Å². The zero-order chi connectivity index (χ0) is 14.7. The number of carbonyl (C=O) groups excluding carboxylic acids is 1. The van der Waals surface area contributed by atoms with E-state index in [1.165, 1.54) is 0 Å². The lowest BCUT2D eigenvalue weighted by Gasteiger charge is -2.22. The highest BCUT2D eigenvalue weighted by Crippen LogP contribution is 2.24. The van der Waals surface area contributed by atoms with E-state index in [1.807, 2.05) is 30.1 Å². The van der Waals surface area contributed by atoms with E-state index in [0.29, 0.717) is 22.8 Å². The molecule has 0 unspecified atom stereocenters. The fourth-order valence-electron chi connectivity index (χ4n) is 2.07. The third kappa shape index (κ3) is 3.03. The third-order valence-electron chi connectivity index (χ3n) is 3.06. The summed E-state index contributed by atoms with van der Waals surface area (Å²) in [5.41, 5.74) is 14.0. The maximum Gasteiger partial charge on any atom is 0.250 e. The number of amides is 1. The van der Waals surface area contributed by atoms with Crippen LogP contribution in [0.1, 0.15) is 15.9 Å². The Morgan fingerprint density at radius 2 is 1.95 bits per heavy atom. The van der Waals surface area contributed by atoms with Gasteiger partial charge in [0.05, 0.1) is 5.56 Å². The van der Waals surface area contributed by atoms with Crippen LogP contribution in [0.2, 0.25) is 5.02 Å². The minimum Gasteiger partial charge on any atom is -0.399 e. The summed E-state index contributed by atoms with van der Waals surface area (Å²) in [7, 11) is 1.88. The van der Waals surface area contributed by atoms with E-state index in [1.54, 1.807) is 24.3 Å². The molecule has 5 heteroatoms. The molecule has 0 aromatic heterocycles. The Morgan fingerprint density at radius 1 is 1.25 bits per heavy atom. The molecule has 2 aromatic rings. The standard InChI is InChI=1S/C15H16ClN3O/c1-19(9-10-8-11(17)6-7-13(10)16)14-5-3-2-4-12(14)15(18)20/h2-8H,9,17H2,1H3,(H2,18,20). The topological polar surface area (TPSA) is 72.3 Å². The molecule has 0 fully saturated rings. The number of nitrogen functional groups attached to an aromatic ring is 1. The van der Waals surface area contributed by atoms with Crippen LogP contribution in [0.3, 0.4) is 0 Å².